The lowest BCUT2D eigenvalue weighted by atomic mass is 10.0. The molecule has 3 nitrogen and oxygen atoms in total. The Morgan fingerprint density at radius 3 is 2.35 bits per heavy atom. The van der Waals surface area contributed by atoms with Crippen LogP contribution in [-0.4, -0.2) is 24.0 Å². The monoisotopic (exact) mass is 267 g/mol. The Balaban J connectivity index is 1.82. The van der Waals surface area contributed by atoms with E-state index < -0.39 is 0 Å². The highest BCUT2D eigenvalue weighted by Crippen LogP contribution is 2.26. The van der Waals surface area contributed by atoms with Gasteiger partial charge in [0.15, 0.2) is 0 Å². The van der Waals surface area contributed by atoms with Gasteiger partial charge in [-0.25, -0.2) is 0 Å². The van der Waals surface area contributed by atoms with Crippen LogP contribution < -0.4 is 0 Å². The molecule has 0 spiro atoms. The predicted octanol–water partition coefficient (Wildman–Crippen LogP) is 2.79. The average molecular weight is 267 g/mol. The largest absolute Gasteiger partial charge is 0.463 e. The van der Waals surface area contributed by atoms with Gasteiger partial charge >= 0.3 is 5.97 Å². The van der Waals surface area contributed by atoms with Gasteiger partial charge in [0.2, 0.25) is 0 Å². The van der Waals surface area contributed by atoms with Gasteiger partial charge in [0.05, 0.1) is 12.6 Å². The summed E-state index contributed by atoms with van der Waals surface area (Å²) in [6.45, 7) is 1.53. The van der Waals surface area contributed by atoms with E-state index in [2.05, 4.69) is 29.2 Å². The second-order valence-electron chi connectivity index (χ2n) is 5.00. The average Bonchev–Trinajstić information content (AvgIpc) is 2.49. The number of esters is 1. The lowest BCUT2D eigenvalue weighted by Gasteiger charge is -2.34. The highest BCUT2D eigenvalue weighted by atomic mass is 16.5. The molecule has 0 saturated carbocycles. The van der Waals surface area contributed by atoms with Crippen LogP contribution in [-0.2, 0) is 16.1 Å². The molecule has 0 amide bonds. The van der Waals surface area contributed by atoms with Crippen LogP contribution in [0.15, 0.2) is 60.7 Å². The topological polar surface area (TPSA) is 29.5 Å². The van der Waals surface area contributed by atoms with Gasteiger partial charge in [0, 0.05) is 6.54 Å². The number of cyclic esters (lactones) is 1. The van der Waals surface area contributed by atoms with Crippen molar-refractivity contribution in [1.82, 2.24) is 4.90 Å². The Labute approximate surface area is 118 Å². The van der Waals surface area contributed by atoms with E-state index in [1.165, 1.54) is 11.1 Å². The van der Waals surface area contributed by atoms with E-state index in [9.17, 15) is 4.79 Å². The highest BCUT2D eigenvalue weighted by molar-refractivity contribution is 5.72. The van der Waals surface area contributed by atoms with Gasteiger partial charge in [-0.3, -0.25) is 9.69 Å². The van der Waals surface area contributed by atoms with Crippen LogP contribution in [0.2, 0.25) is 0 Å². The van der Waals surface area contributed by atoms with Gasteiger partial charge in [-0.15, -0.1) is 0 Å². The SMILES string of the molecule is O=C1CN(Cc2ccccc2)[C@H](c2ccccc2)CO1. The summed E-state index contributed by atoms with van der Waals surface area (Å²) in [6.07, 6.45) is 0. The fraction of sp³-hybridized carbons (Fsp3) is 0.235. The number of benzene rings is 2. The molecule has 1 fully saturated rings. The molecule has 2 aromatic carbocycles. The maximum absolute atomic E-state index is 11.6. The lowest BCUT2D eigenvalue weighted by molar-refractivity contribution is -0.155. The molecule has 1 atom stereocenters. The van der Waals surface area contributed by atoms with Crippen molar-refractivity contribution in [2.45, 2.75) is 12.6 Å². The molecule has 1 aliphatic heterocycles. The summed E-state index contributed by atoms with van der Waals surface area (Å²) >= 11 is 0. The van der Waals surface area contributed by atoms with Gasteiger partial charge < -0.3 is 4.74 Å². The molecule has 1 aliphatic rings. The van der Waals surface area contributed by atoms with Gasteiger partial charge in [0.25, 0.3) is 0 Å². The number of carbonyl (C=O) groups is 1. The normalized spacial score (nSPS) is 19.6. The minimum absolute atomic E-state index is 0.133. The summed E-state index contributed by atoms with van der Waals surface area (Å²) in [4.78, 5) is 13.8. The summed E-state index contributed by atoms with van der Waals surface area (Å²) in [7, 11) is 0. The van der Waals surface area contributed by atoms with Crippen LogP contribution in [0.3, 0.4) is 0 Å². The van der Waals surface area contributed by atoms with Crippen LogP contribution in [0.4, 0.5) is 0 Å². The number of hydrogen-bond donors (Lipinski definition) is 0. The first kappa shape index (κ1) is 12.9. The molecule has 0 N–H and O–H groups in total. The first-order valence-electron chi connectivity index (χ1n) is 6.81. The number of rotatable bonds is 3. The van der Waals surface area contributed by atoms with E-state index in [4.69, 9.17) is 4.74 Å². The van der Waals surface area contributed by atoms with Crippen molar-refractivity contribution in [3.8, 4) is 0 Å². The lowest BCUT2D eigenvalue weighted by Crippen LogP contribution is -2.41. The second kappa shape index (κ2) is 5.88. The van der Waals surface area contributed by atoms with E-state index in [0.29, 0.717) is 13.2 Å². The van der Waals surface area contributed by atoms with E-state index >= 15 is 0 Å². The first-order valence-corrected chi connectivity index (χ1v) is 6.81. The number of hydrogen-bond acceptors (Lipinski definition) is 3. The molecular weight excluding hydrogens is 250 g/mol. The molecule has 0 aromatic heterocycles. The molecule has 0 unspecified atom stereocenters. The summed E-state index contributed by atoms with van der Waals surface area (Å²) in [5.41, 5.74) is 2.40. The van der Waals surface area contributed by atoms with Gasteiger partial charge in [-0.05, 0) is 11.1 Å². The van der Waals surface area contributed by atoms with E-state index in [0.717, 1.165) is 6.54 Å². The fourth-order valence-electron chi connectivity index (χ4n) is 2.57. The van der Waals surface area contributed by atoms with Crippen molar-refractivity contribution in [2.75, 3.05) is 13.2 Å². The van der Waals surface area contributed by atoms with Crippen LogP contribution in [0, 0.1) is 0 Å². The maximum atomic E-state index is 11.6. The molecule has 1 heterocycles. The molecular formula is C17H17NO2. The molecule has 1 saturated heterocycles. The first-order chi connectivity index (χ1) is 9.83. The third-order valence-corrected chi connectivity index (χ3v) is 3.59. The minimum Gasteiger partial charge on any atom is -0.463 e. The zero-order chi connectivity index (χ0) is 13.8. The van der Waals surface area contributed by atoms with Gasteiger partial charge in [0.1, 0.15) is 6.61 Å². The fourth-order valence-corrected chi connectivity index (χ4v) is 2.57. The molecule has 0 bridgehead atoms. The van der Waals surface area contributed by atoms with Crippen molar-refractivity contribution >= 4 is 5.97 Å². The molecule has 20 heavy (non-hydrogen) atoms. The Morgan fingerprint density at radius 2 is 1.65 bits per heavy atom. The Hall–Kier alpha value is -2.13. The third-order valence-electron chi connectivity index (χ3n) is 3.59. The number of carbonyl (C=O) groups excluding carboxylic acids is 1. The number of ether oxygens (including phenoxy) is 1. The summed E-state index contributed by atoms with van der Waals surface area (Å²) in [5.74, 6) is -0.145. The predicted molar refractivity (Wildman–Crippen MR) is 77.0 cm³/mol. The van der Waals surface area contributed by atoms with E-state index in [1.54, 1.807) is 0 Å². The Kier molecular flexibility index (Phi) is 3.79. The number of morpholine rings is 1. The molecule has 2 aromatic rings. The standard InChI is InChI=1S/C17H17NO2/c19-17-12-18(11-14-7-3-1-4-8-14)16(13-20-17)15-9-5-2-6-10-15/h1-10,16H,11-13H2/t16-/m0/s1. The maximum Gasteiger partial charge on any atom is 0.320 e. The van der Waals surface area contributed by atoms with Crippen molar-refractivity contribution in [1.29, 1.82) is 0 Å². The smallest absolute Gasteiger partial charge is 0.320 e. The van der Waals surface area contributed by atoms with Crippen molar-refractivity contribution in [3.63, 3.8) is 0 Å². The molecule has 3 rings (SSSR count). The van der Waals surface area contributed by atoms with Crippen LogP contribution in [0.1, 0.15) is 17.2 Å². The Bertz CT molecular complexity index is 568. The quantitative estimate of drug-likeness (QED) is 0.801. The van der Waals surface area contributed by atoms with E-state index in [1.807, 2.05) is 36.4 Å². The molecule has 3 heteroatoms. The zero-order valence-electron chi connectivity index (χ0n) is 11.2. The number of nitrogens with zero attached hydrogens (tertiary/aromatic N) is 1. The highest BCUT2D eigenvalue weighted by Gasteiger charge is 2.29. The molecule has 0 aliphatic carbocycles. The van der Waals surface area contributed by atoms with Crippen LogP contribution >= 0.6 is 0 Å². The van der Waals surface area contributed by atoms with Crippen molar-refractivity contribution in [2.24, 2.45) is 0 Å². The zero-order valence-corrected chi connectivity index (χ0v) is 11.2. The Morgan fingerprint density at radius 1 is 1.00 bits per heavy atom. The van der Waals surface area contributed by atoms with Crippen LogP contribution in [0.5, 0.6) is 0 Å². The van der Waals surface area contributed by atoms with E-state index in [-0.39, 0.29) is 12.0 Å². The van der Waals surface area contributed by atoms with Gasteiger partial charge in [-0.1, -0.05) is 60.7 Å². The summed E-state index contributed by atoms with van der Waals surface area (Å²) in [5, 5.41) is 0. The molecule has 102 valence electrons. The third kappa shape index (κ3) is 2.89. The second-order valence-corrected chi connectivity index (χ2v) is 5.00. The summed E-state index contributed by atoms with van der Waals surface area (Å²) in [6, 6.07) is 20.6. The van der Waals surface area contributed by atoms with Gasteiger partial charge in [-0.2, -0.15) is 0 Å². The van der Waals surface area contributed by atoms with Crippen molar-refractivity contribution < 1.29 is 9.53 Å². The van der Waals surface area contributed by atoms with Crippen LogP contribution in [0.25, 0.3) is 0 Å². The van der Waals surface area contributed by atoms with Crippen molar-refractivity contribution in [3.05, 3.63) is 71.8 Å². The minimum atomic E-state index is -0.145. The molecule has 0 radical (unpaired) electrons. The summed E-state index contributed by atoms with van der Waals surface area (Å²) < 4.78 is 5.23.